The van der Waals surface area contributed by atoms with Gasteiger partial charge in [-0.3, -0.25) is 0 Å². The highest BCUT2D eigenvalue weighted by Crippen LogP contribution is 2.35. The molecular formula is C12H12F5NO. The van der Waals surface area contributed by atoms with Crippen LogP contribution in [-0.4, -0.2) is 24.3 Å². The van der Waals surface area contributed by atoms with E-state index in [-0.39, 0.29) is 12.6 Å². The molecule has 7 heteroatoms. The minimum absolute atomic E-state index is 0.178. The Labute approximate surface area is 106 Å². The van der Waals surface area contributed by atoms with E-state index in [0.29, 0.717) is 12.8 Å². The van der Waals surface area contributed by atoms with E-state index in [1.165, 1.54) is 0 Å². The summed E-state index contributed by atoms with van der Waals surface area (Å²) in [6.45, 7) is -0.612. The van der Waals surface area contributed by atoms with Gasteiger partial charge in [-0.1, -0.05) is 0 Å². The number of hydrogen-bond acceptors (Lipinski definition) is 2. The molecule has 0 aromatic heterocycles. The van der Waals surface area contributed by atoms with Gasteiger partial charge in [-0.2, -0.15) is 0 Å². The molecule has 0 atom stereocenters. The van der Waals surface area contributed by atoms with E-state index >= 15 is 0 Å². The van der Waals surface area contributed by atoms with Crippen LogP contribution in [0.2, 0.25) is 0 Å². The number of halogens is 5. The standard InChI is InChI=1S/C12H12F5NO/c13-7-8(14)10(16)12(11(17)9(7)15)18(4-5-19)6-2-1-3-6/h6,19H,1-5H2. The van der Waals surface area contributed by atoms with Gasteiger partial charge in [-0.25, -0.2) is 22.0 Å². The summed E-state index contributed by atoms with van der Waals surface area (Å²) in [4.78, 5) is 1.06. The molecule has 1 N–H and O–H groups in total. The van der Waals surface area contributed by atoms with E-state index in [9.17, 15) is 22.0 Å². The summed E-state index contributed by atoms with van der Waals surface area (Å²) in [6, 6.07) is -0.305. The van der Waals surface area contributed by atoms with Crippen molar-refractivity contribution in [3.63, 3.8) is 0 Å². The molecule has 1 fully saturated rings. The molecule has 0 aliphatic heterocycles. The fraction of sp³-hybridized carbons (Fsp3) is 0.500. The first-order valence-electron chi connectivity index (χ1n) is 5.88. The van der Waals surface area contributed by atoms with Gasteiger partial charge in [0.25, 0.3) is 0 Å². The number of aliphatic hydroxyl groups excluding tert-OH is 1. The number of aliphatic hydroxyl groups is 1. The lowest BCUT2D eigenvalue weighted by Gasteiger charge is -2.39. The first kappa shape index (κ1) is 14.0. The maximum Gasteiger partial charge on any atom is 0.200 e. The zero-order valence-corrected chi connectivity index (χ0v) is 9.90. The highest BCUT2D eigenvalue weighted by atomic mass is 19.2. The molecule has 0 bridgehead atoms. The highest BCUT2D eigenvalue weighted by Gasteiger charge is 2.33. The molecule has 0 heterocycles. The van der Waals surface area contributed by atoms with Gasteiger partial charge >= 0.3 is 0 Å². The molecule has 0 saturated heterocycles. The topological polar surface area (TPSA) is 23.5 Å². The highest BCUT2D eigenvalue weighted by molar-refractivity contribution is 5.52. The van der Waals surface area contributed by atoms with Crippen molar-refractivity contribution in [1.82, 2.24) is 0 Å². The van der Waals surface area contributed by atoms with E-state index < -0.39 is 41.4 Å². The van der Waals surface area contributed by atoms with Gasteiger partial charge in [-0.15, -0.1) is 0 Å². The molecule has 2 rings (SSSR count). The van der Waals surface area contributed by atoms with Crippen molar-refractivity contribution >= 4 is 5.69 Å². The van der Waals surface area contributed by atoms with Gasteiger partial charge in [0.2, 0.25) is 5.82 Å². The smallest absolute Gasteiger partial charge is 0.200 e. The van der Waals surface area contributed by atoms with Crippen LogP contribution in [0, 0.1) is 29.1 Å². The summed E-state index contributed by atoms with van der Waals surface area (Å²) in [5, 5.41) is 8.89. The second-order valence-electron chi connectivity index (χ2n) is 4.42. The van der Waals surface area contributed by atoms with Gasteiger partial charge in [0.15, 0.2) is 23.3 Å². The summed E-state index contributed by atoms with van der Waals surface area (Å²) >= 11 is 0. The lowest BCUT2D eigenvalue weighted by atomic mass is 9.91. The average molecular weight is 281 g/mol. The van der Waals surface area contributed by atoms with Crippen LogP contribution < -0.4 is 4.90 Å². The number of nitrogens with zero attached hydrogens (tertiary/aromatic N) is 1. The first-order chi connectivity index (χ1) is 8.99. The van der Waals surface area contributed by atoms with E-state index in [2.05, 4.69) is 0 Å². The zero-order valence-electron chi connectivity index (χ0n) is 9.90. The summed E-state index contributed by atoms with van der Waals surface area (Å²) < 4.78 is 66.5. The molecule has 1 aliphatic rings. The van der Waals surface area contributed by atoms with Crippen LogP contribution in [0.5, 0.6) is 0 Å². The number of benzene rings is 1. The van der Waals surface area contributed by atoms with Crippen LogP contribution in [0.4, 0.5) is 27.6 Å². The van der Waals surface area contributed by atoms with Crippen LogP contribution in [0.1, 0.15) is 19.3 Å². The van der Waals surface area contributed by atoms with Crippen LogP contribution in [0.15, 0.2) is 0 Å². The van der Waals surface area contributed by atoms with Crippen LogP contribution in [0.25, 0.3) is 0 Å². The zero-order chi connectivity index (χ0) is 14.2. The first-order valence-corrected chi connectivity index (χ1v) is 5.88. The van der Waals surface area contributed by atoms with Gasteiger partial charge in [-0.05, 0) is 19.3 Å². The Kier molecular flexibility index (Phi) is 3.93. The predicted molar refractivity (Wildman–Crippen MR) is 58.3 cm³/mol. The van der Waals surface area contributed by atoms with Crippen molar-refractivity contribution in [3.05, 3.63) is 29.1 Å². The molecule has 0 radical (unpaired) electrons. The molecule has 1 saturated carbocycles. The van der Waals surface area contributed by atoms with Crippen LogP contribution in [-0.2, 0) is 0 Å². The second-order valence-corrected chi connectivity index (χ2v) is 4.42. The Morgan fingerprint density at radius 3 is 1.74 bits per heavy atom. The molecule has 1 aromatic rings. The minimum atomic E-state index is -2.17. The maximum absolute atomic E-state index is 13.7. The Balaban J connectivity index is 2.52. The van der Waals surface area contributed by atoms with Crippen molar-refractivity contribution in [3.8, 4) is 0 Å². The molecule has 1 aliphatic carbocycles. The van der Waals surface area contributed by atoms with E-state index in [1.807, 2.05) is 0 Å². The third kappa shape index (κ3) is 2.27. The van der Waals surface area contributed by atoms with E-state index in [4.69, 9.17) is 5.11 Å². The molecule has 106 valence electrons. The Morgan fingerprint density at radius 2 is 1.37 bits per heavy atom. The normalized spacial score (nSPS) is 15.5. The Hall–Kier alpha value is -1.37. The summed E-state index contributed by atoms with van der Waals surface area (Å²) in [5.41, 5.74) is -0.949. The lowest BCUT2D eigenvalue weighted by Crippen LogP contribution is -2.43. The number of anilines is 1. The molecule has 0 unspecified atom stereocenters. The Morgan fingerprint density at radius 1 is 0.895 bits per heavy atom. The quantitative estimate of drug-likeness (QED) is 0.521. The van der Waals surface area contributed by atoms with Gasteiger partial charge in [0.05, 0.1) is 6.61 Å². The largest absolute Gasteiger partial charge is 0.395 e. The molecule has 0 spiro atoms. The predicted octanol–water partition coefficient (Wildman–Crippen LogP) is 2.73. The summed E-state index contributed by atoms with van der Waals surface area (Å²) in [7, 11) is 0. The minimum Gasteiger partial charge on any atom is -0.395 e. The van der Waals surface area contributed by atoms with Gasteiger partial charge in [0.1, 0.15) is 5.69 Å². The molecule has 2 nitrogen and oxygen atoms in total. The third-order valence-corrected chi connectivity index (χ3v) is 3.33. The SMILES string of the molecule is OCCN(c1c(F)c(F)c(F)c(F)c1F)C1CCC1. The second kappa shape index (κ2) is 5.32. The van der Waals surface area contributed by atoms with Crippen molar-refractivity contribution in [2.75, 3.05) is 18.1 Å². The average Bonchev–Trinajstić information content (AvgIpc) is 2.32. The number of rotatable bonds is 4. The maximum atomic E-state index is 13.7. The molecule has 0 amide bonds. The lowest BCUT2D eigenvalue weighted by molar-refractivity contribution is 0.279. The molecular weight excluding hydrogens is 269 g/mol. The van der Waals surface area contributed by atoms with Crippen molar-refractivity contribution < 1.29 is 27.1 Å². The fourth-order valence-electron chi connectivity index (χ4n) is 2.13. The summed E-state index contributed by atoms with van der Waals surface area (Å²) in [6.07, 6.45) is 2.01. The van der Waals surface area contributed by atoms with Gasteiger partial charge < -0.3 is 10.0 Å². The van der Waals surface area contributed by atoms with E-state index in [0.717, 1.165) is 11.3 Å². The monoisotopic (exact) mass is 281 g/mol. The molecule has 1 aromatic carbocycles. The Bertz CT molecular complexity index is 460. The van der Waals surface area contributed by atoms with Crippen molar-refractivity contribution in [1.29, 1.82) is 0 Å². The van der Waals surface area contributed by atoms with Crippen LogP contribution in [0.3, 0.4) is 0 Å². The molecule has 19 heavy (non-hydrogen) atoms. The van der Waals surface area contributed by atoms with Crippen LogP contribution >= 0.6 is 0 Å². The fourth-order valence-corrected chi connectivity index (χ4v) is 2.13. The number of hydrogen-bond donors (Lipinski definition) is 1. The van der Waals surface area contributed by atoms with E-state index in [1.54, 1.807) is 0 Å². The third-order valence-electron chi connectivity index (χ3n) is 3.33. The van der Waals surface area contributed by atoms with Crippen molar-refractivity contribution in [2.24, 2.45) is 0 Å². The summed E-state index contributed by atoms with van der Waals surface area (Å²) in [5.74, 6) is -9.79. The van der Waals surface area contributed by atoms with Gasteiger partial charge in [0, 0.05) is 12.6 Å². The van der Waals surface area contributed by atoms with Crippen molar-refractivity contribution in [2.45, 2.75) is 25.3 Å².